The molecule has 3 heterocycles. The van der Waals surface area contributed by atoms with Crippen LogP contribution in [0.2, 0.25) is 0 Å². The topological polar surface area (TPSA) is 128 Å². The van der Waals surface area contributed by atoms with Crippen LogP contribution in [0.15, 0.2) is 54.9 Å². The highest BCUT2D eigenvalue weighted by Gasteiger charge is 2.31. The second-order valence-corrected chi connectivity index (χ2v) is 6.99. The Bertz CT molecular complexity index is 1090. The van der Waals surface area contributed by atoms with Crippen molar-refractivity contribution in [1.82, 2.24) is 14.9 Å². The first kappa shape index (κ1) is 19.3. The summed E-state index contributed by atoms with van der Waals surface area (Å²) in [5, 5.41) is 22.1. The largest absolute Gasteiger partial charge is 0.355 e. The molecule has 30 heavy (non-hydrogen) atoms. The number of fused-ring (bicyclic) bond motifs is 1. The highest BCUT2D eigenvalue weighted by atomic mass is 16.6. The second kappa shape index (κ2) is 8.16. The fourth-order valence-corrected chi connectivity index (χ4v) is 3.55. The number of carbonyl (C=O) groups excluding carboxylic acids is 1. The first-order valence-corrected chi connectivity index (χ1v) is 9.47. The minimum absolute atomic E-state index is 0.0113. The maximum Gasteiger partial charge on any atom is 0.210 e. The summed E-state index contributed by atoms with van der Waals surface area (Å²) in [7, 11) is 0. The third kappa shape index (κ3) is 3.90. The molecule has 3 aromatic rings. The van der Waals surface area contributed by atoms with Gasteiger partial charge in [0.2, 0.25) is 6.54 Å². The van der Waals surface area contributed by atoms with E-state index in [1.165, 1.54) is 0 Å². The number of hydrogen-bond donors (Lipinski definition) is 3. The van der Waals surface area contributed by atoms with Crippen LogP contribution in [0.3, 0.4) is 0 Å². The van der Waals surface area contributed by atoms with Gasteiger partial charge in [0.25, 0.3) is 0 Å². The van der Waals surface area contributed by atoms with Crippen molar-refractivity contribution in [2.24, 2.45) is 0 Å². The van der Waals surface area contributed by atoms with Crippen LogP contribution in [0, 0.1) is 15.5 Å². The first-order chi connectivity index (χ1) is 14.5. The molecule has 9 nitrogen and oxygen atoms in total. The lowest BCUT2D eigenvalue weighted by Gasteiger charge is -2.28. The molecule has 0 saturated carbocycles. The number of nitrogens with one attached hydrogen (secondary N) is 3. The minimum Gasteiger partial charge on any atom is -0.355 e. The molecule has 0 unspecified atom stereocenters. The molecule has 0 bridgehead atoms. The van der Waals surface area contributed by atoms with E-state index in [0.29, 0.717) is 23.5 Å². The Morgan fingerprint density at radius 3 is 2.63 bits per heavy atom. The van der Waals surface area contributed by atoms with E-state index in [0.717, 1.165) is 16.9 Å². The molecule has 0 saturated heterocycles. The van der Waals surface area contributed by atoms with E-state index in [2.05, 4.69) is 15.3 Å². The molecule has 1 aliphatic heterocycles. The van der Waals surface area contributed by atoms with E-state index in [1.807, 2.05) is 42.5 Å². The van der Waals surface area contributed by atoms with Crippen molar-refractivity contribution in [2.45, 2.75) is 13.0 Å². The number of anilines is 2. The van der Waals surface area contributed by atoms with E-state index in [9.17, 15) is 14.9 Å². The van der Waals surface area contributed by atoms with Crippen LogP contribution in [0.4, 0.5) is 11.4 Å². The quantitative estimate of drug-likeness (QED) is 0.250. The number of rotatable bonds is 6. The van der Waals surface area contributed by atoms with Crippen molar-refractivity contribution in [3.8, 4) is 11.3 Å². The first-order valence-electron chi connectivity index (χ1n) is 9.47. The van der Waals surface area contributed by atoms with Crippen LogP contribution < -0.4 is 5.32 Å². The van der Waals surface area contributed by atoms with Gasteiger partial charge in [-0.1, -0.05) is 18.2 Å². The number of para-hydroxylation sites is 1. The molecule has 0 spiro atoms. The Labute approximate surface area is 172 Å². The van der Waals surface area contributed by atoms with Crippen LogP contribution in [0.5, 0.6) is 0 Å². The van der Waals surface area contributed by atoms with Gasteiger partial charge in [-0.15, -0.1) is 0 Å². The SMILES string of the molecule is N=C(CC[N+](=O)[O-])N1CC(=O)c2c([nH]c(-c3ccncc3)c2Nc2ccccc2)C1. The number of Topliss-reactive ketones (excluding diaryl/α,β-unsaturated/α-hetero) is 1. The fraction of sp³-hybridized carbons (Fsp3) is 0.190. The fourth-order valence-electron chi connectivity index (χ4n) is 3.55. The number of H-pyrrole nitrogens is 1. The van der Waals surface area contributed by atoms with Crippen LogP contribution in [-0.2, 0) is 6.54 Å². The monoisotopic (exact) mass is 404 g/mol. The predicted octanol–water partition coefficient (Wildman–Crippen LogP) is 3.46. The summed E-state index contributed by atoms with van der Waals surface area (Å²) < 4.78 is 0. The Morgan fingerprint density at radius 1 is 1.20 bits per heavy atom. The highest BCUT2D eigenvalue weighted by molar-refractivity contribution is 6.09. The zero-order chi connectivity index (χ0) is 21.1. The average molecular weight is 404 g/mol. The van der Waals surface area contributed by atoms with Gasteiger partial charge < -0.3 is 15.2 Å². The molecule has 3 N–H and O–H groups in total. The summed E-state index contributed by atoms with van der Waals surface area (Å²) >= 11 is 0. The van der Waals surface area contributed by atoms with Gasteiger partial charge in [-0.05, 0) is 24.3 Å². The van der Waals surface area contributed by atoms with Crippen molar-refractivity contribution in [3.63, 3.8) is 0 Å². The number of nitrogens with zero attached hydrogens (tertiary/aromatic N) is 3. The Balaban J connectivity index is 1.72. The van der Waals surface area contributed by atoms with Crippen molar-refractivity contribution < 1.29 is 9.72 Å². The minimum atomic E-state index is -0.455. The molecule has 4 rings (SSSR count). The van der Waals surface area contributed by atoms with E-state index in [1.54, 1.807) is 17.3 Å². The number of pyridine rings is 1. The van der Waals surface area contributed by atoms with Gasteiger partial charge in [-0.25, -0.2) is 0 Å². The van der Waals surface area contributed by atoms with Gasteiger partial charge in [0.1, 0.15) is 5.84 Å². The number of benzene rings is 1. The van der Waals surface area contributed by atoms with E-state index < -0.39 is 4.92 Å². The van der Waals surface area contributed by atoms with Crippen LogP contribution in [-0.4, -0.2) is 44.5 Å². The average Bonchev–Trinajstić information content (AvgIpc) is 3.12. The smallest absolute Gasteiger partial charge is 0.210 e. The normalized spacial score (nSPS) is 13.1. The van der Waals surface area contributed by atoms with Gasteiger partial charge in [0, 0.05) is 34.3 Å². The molecule has 1 aliphatic rings. The third-order valence-corrected chi connectivity index (χ3v) is 4.96. The molecular weight excluding hydrogens is 384 g/mol. The Kier molecular flexibility index (Phi) is 5.25. The molecule has 0 amide bonds. The second-order valence-electron chi connectivity index (χ2n) is 6.99. The number of ketones is 1. The number of hydrogen-bond acceptors (Lipinski definition) is 6. The predicted molar refractivity (Wildman–Crippen MR) is 113 cm³/mol. The molecule has 9 heteroatoms. The van der Waals surface area contributed by atoms with E-state index >= 15 is 0 Å². The molecule has 2 aromatic heterocycles. The maximum atomic E-state index is 13.0. The van der Waals surface area contributed by atoms with Crippen LogP contribution >= 0.6 is 0 Å². The molecule has 0 aliphatic carbocycles. The molecule has 1 aromatic carbocycles. The van der Waals surface area contributed by atoms with Gasteiger partial charge >= 0.3 is 0 Å². The molecule has 0 atom stereocenters. The zero-order valence-electron chi connectivity index (χ0n) is 16.1. The van der Waals surface area contributed by atoms with Crippen molar-refractivity contribution in [2.75, 3.05) is 18.4 Å². The number of carbonyl (C=O) groups is 1. The maximum absolute atomic E-state index is 13.0. The van der Waals surface area contributed by atoms with E-state index in [4.69, 9.17) is 5.41 Å². The van der Waals surface area contributed by atoms with Gasteiger partial charge in [-0.2, -0.15) is 0 Å². The standard InChI is InChI=1S/C21H20N6O3/c22-18(8-11-27(29)30)26-12-16-19(17(28)13-26)21(24-15-4-2-1-3-5-15)20(25-16)14-6-9-23-10-7-14/h1-7,9-10,22,24-25H,8,11-13H2. The summed E-state index contributed by atoms with van der Waals surface area (Å²) in [6.07, 6.45) is 3.36. The summed E-state index contributed by atoms with van der Waals surface area (Å²) in [4.78, 5) is 32.2. The van der Waals surface area contributed by atoms with Gasteiger partial charge in [-0.3, -0.25) is 25.3 Å². The van der Waals surface area contributed by atoms with Gasteiger partial charge in [0.05, 0.1) is 36.5 Å². The number of amidine groups is 1. The van der Waals surface area contributed by atoms with Crippen molar-refractivity contribution in [3.05, 3.63) is 76.2 Å². The van der Waals surface area contributed by atoms with Crippen LogP contribution in [0.1, 0.15) is 22.5 Å². The Morgan fingerprint density at radius 2 is 1.93 bits per heavy atom. The molecule has 0 radical (unpaired) electrons. The van der Waals surface area contributed by atoms with Crippen LogP contribution in [0.25, 0.3) is 11.3 Å². The lowest BCUT2D eigenvalue weighted by atomic mass is 10.0. The van der Waals surface area contributed by atoms with Crippen molar-refractivity contribution in [1.29, 1.82) is 5.41 Å². The lowest BCUT2D eigenvalue weighted by molar-refractivity contribution is -0.478. The summed E-state index contributed by atoms with van der Waals surface area (Å²) in [5.41, 5.74) is 4.41. The number of aromatic amines is 1. The third-order valence-electron chi connectivity index (χ3n) is 4.96. The zero-order valence-corrected chi connectivity index (χ0v) is 16.1. The number of nitro groups is 1. The summed E-state index contributed by atoms with van der Waals surface area (Å²) in [5.74, 6) is -0.0552. The van der Waals surface area contributed by atoms with Gasteiger partial charge in [0.15, 0.2) is 5.78 Å². The van der Waals surface area contributed by atoms with Crippen molar-refractivity contribution >= 4 is 23.0 Å². The highest BCUT2D eigenvalue weighted by Crippen LogP contribution is 2.37. The van der Waals surface area contributed by atoms with E-state index in [-0.39, 0.29) is 31.1 Å². The lowest BCUT2D eigenvalue weighted by Crippen LogP contribution is -2.39. The molecular formula is C21H20N6O3. The molecule has 152 valence electrons. The Hall–Kier alpha value is -4.01. The molecule has 0 fully saturated rings. The summed E-state index contributed by atoms with van der Waals surface area (Å²) in [6.45, 7) is -0.00296. The number of aromatic nitrogens is 2. The summed E-state index contributed by atoms with van der Waals surface area (Å²) in [6, 6.07) is 13.3.